The van der Waals surface area contributed by atoms with Crippen molar-refractivity contribution in [2.45, 2.75) is 90.9 Å². The van der Waals surface area contributed by atoms with Crippen LogP contribution < -0.4 is 9.47 Å². The minimum Gasteiger partial charge on any atom is -0.484 e. The van der Waals surface area contributed by atoms with Crippen LogP contribution in [0.4, 0.5) is 11.4 Å². The number of carbonyl (C=O) groups excluding carboxylic acids is 4. The Morgan fingerprint density at radius 2 is 1.00 bits per heavy atom. The molecular weight excluding hydrogens is 897 g/mol. The van der Waals surface area contributed by atoms with E-state index in [0.29, 0.717) is 23.8 Å². The van der Waals surface area contributed by atoms with Crippen molar-refractivity contribution in [2.75, 3.05) is 32.7 Å². The second-order valence-electron chi connectivity index (χ2n) is 17.1. The van der Waals surface area contributed by atoms with Gasteiger partial charge in [-0.1, -0.05) is 110 Å². The monoisotopic (exact) mass is 952 g/mol. The van der Waals surface area contributed by atoms with Gasteiger partial charge >= 0.3 is 23.7 Å². The molecule has 0 aromatic heterocycles. The van der Waals surface area contributed by atoms with Crippen LogP contribution in [0.15, 0.2) is 72.8 Å². The number of para-hydroxylation sites is 2. The fourth-order valence-electron chi connectivity index (χ4n) is 9.95. The fraction of sp³-hybridized carbons (Fsp3) is 0.412. The van der Waals surface area contributed by atoms with Gasteiger partial charge in [0.15, 0.2) is 0 Å². The van der Waals surface area contributed by atoms with Crippen LogP contribution in [-0.2, 0) is 46.3 Å². The lowest BCUT2D eigenvalue weighted by atomic mass is 9.79. The van der Waals surface area contributed by atoms with Crippen LogP contribution in [0, 0.1) is 45.9 Å². The maximum Gasteiger partial charge on any atom is 0.373 e. The highest BCUT2D eigenvalue weighted by Gasteiger charge is 2.34. The molecule has 360 valence electrons. The molecule has 0 atom stereocenters. The minimum atomic E-state index is -3.62. The topological polar surface area (TPSA) is 237 Å². The highest BCUT2D eigenvalue weighted by molar-refractivity contribution is 7.85. The van der Waals surface area contributed by atoms with Crippen molar-refractivity contribution in [3.05, 3.63) is 138 Å². The van der Waals surface area contributed by atoms with Gasteiger partial charge < -0.3 is 14.6 Å². The molecule has 68 heavy (non-hydrogen) atoms. The second-order valence-corrected chi connectivity index (χ2v) is 18.7. The van der Waals surface area contributed by atoms with Crippen molar-refractivity contribution in [1.29, 1.82) is 0 Å². The summed E-state index contributed by atoms with van der Waals surface area (Å²) < 4.78 is 38.9. The van der Waals surface area contributed by atoms with Gasteiger partial charge in [-0.3, -0.25) is 24.4 Å². The summed E-state index contributed by atoms with van der Waals surface area (Å²) in [6.07, 6.45) is 14.8. The standard InChI is InChI=1S/C25H29NO6S.C24H27NO4.2CO2/c1-17-11-12-20-19(15-17)16-22(24(20)18-7-4-3-5-8-18)21-9-6-10-23(26(27)28)25(21)31-13-14-32-33(2,29)30;1-16-10-11-19-18(14-16)15-21(23(19)17-6-3-2-4-7-17)20-8-5-9-22(25(27)28)24(20)29-13-12-26;2*2-1-3/h6,9-12,15,18H,3-5,7-8,13-14,16H2,1-2H3;5,8-11,14,17,26H,2-4,6-7,12-13,15H2,1H3;;. The first-order valence-corrected chi connectivity index (χ1v) is 24.4. The predicted octanol–water partition coefficient (Wildman–Crippen LogP) is 9.46. The Hall–Kier alpha value is -6.61. The fourth-order valence-corrected chi connectivity index (χ4v) is 10.3. The third-order valence-corrected chi connectivity index (χ3v) is 13.1. The number of hydrogen-bond acceptors (Lipinski definition) is 14. The smallest absolute Gasteiger partial charge is 0.373 e. The summed E-state index contributed by atoms with van der Waals surface area (Å²) in [5, 5.41) is 32.7. The molecule has 4 aromatic rings. The quantitative estimate of drug-likeness (QED) is 0.0536. The van der Waals surface area contributed by atoms with Crippen molar-refractivity contribution in [2.24, 2.45) is 11.8 Å². The number of aryl methyl sites for hydroxylation is 2. The molecule has 0 bridgehead atoms. The van der Waals surface area contributed by atoms with Crippen LogP contribution in [0.25, 0.3) is 22.3 Å². The van der Waals surface area contributed by atoms with E-state index in [2.05, 4.69) is 50.2 Å². The number of allylic oxidation sites excluding steroid dienone is 4. The molecule has 0 radical (unpaired) electrons. The molecule has 8 rings (SSSR count). The van der Waals surface area contributed by atoms with E-state index in [1.54, 1.807) is 12.1 Å². The van der Waals surface area contributed by atoms with Crippen LogP contribution in [0.3, 0.4) is 0 Å². The van der Waals surface area contributed by atoms with Crippen LogP contribution in [0.2, 0.25) is 0 Å². The summed E-state index contributed by atoms with van der Waals surface area (Å²) in [5.41, 5.74) is 13.6. The van der Waals surface area contributed by atoms with Crippen molar-refractivity contribution in [1.82, 2.24) is 0 Å². The number of nitro groups is 2. The normalized spacial score (nSPS) is 15.5. The lowest BCUT2D eigenvalue weighted by molar-refractivity contribution is -0.386. The molecule has 2 saturated carbocycles. The number of rotatable bonds is 14. The minimum absolute atomic E-state index is 0.0377. The number of ether oxygens (including phenoxy) is 2. The molecule has 0 spiro atoms. The number of fused-ring (bicyclic) bond motifs is 2. The first-order valence-electron chi connectivity index (χ1n) is 22.6. The van der Waals surface area contributed by atoms with E-state index in [1.807, 2.05) is 12.1 Å². The Balaban J connectivity index is 0.000000229. The zero-order valence-corrected chi connectivity index (χ0v) is 39.3. The first kappa shape index (κ1) is 52.4. The molecule has 0 saturated heterocycles. The Morgan fingerprint density at radius 1 is 0.603 bits per heavy atom. The van der Waals surface area contributed by atoms with Gasteiger partial charge in [0.05, 0.1) is 22.7 Å². The molecular formula is C51H56N2O14S. The summed E-state index contributed by atoms with van der Waals surface area (Å²) in [6.45, 7) is 3.71. The third-order valence-electron chi connectivity index (χ3n) is 12.5. The van der Waals surface area contributed by atoms with E-state index in [4.69, 9.17) is 32.8 Å². The summed E-state index contributed by atoms with van der Waals surface area (Å²) in [6, 6.07) is 23.2. The van der Waals surface area contributed by atoms with Crippen molar-refractivity contribution < 1.29 is 56.2 Å². The van der Waals surface area contributed by atoms with Gasteiger partial charge in [0.1, 0.15) is 19.8 Å². The Labute approximate surface area is 395 Å². The first-order chi connectivity index (χ1) is 32.7. The van der Waals surface area contributed by atoms with Gasteiger partial charge in [0.25, 0.3) is 10.1 Å². The number of benzene rings is 4. The summed E-state index contributed by atoms with van der Waals surface area (Å²) in [5.74, 6) is 1.35. The number of nitro benzene ring substituents is 2. The molecule has 1 N–H and O–H groups in total. The van der Waals surface area contributed by atoms with E-state index >= 15 is 0 Å². The Bertz CT molecular complexity index is 2690. The number of aliphatic hydroxyl groups is 1. The van der Waals surface area contributed by atoms with Crippen molar-refractivity contribution in [3.8, 4) is 11.5 Å². The van der Waals surface area contributed by atoms with Gasteiger partial charge in [0.2, 0.25) is 11.5 Å². The maximum absolute atomic E-state index is 11.8. The summed E-state index contributed by atoms with van der Waals surface area (Å²) in [7, 11) is -3.62. The molecule has 4 aromatic carbocycles. The number of nitrogens with zero attached hydrogens (tertiary/aromatic N) is 2. The van der Waals surface area contributed by atoms with Crippen molar-refractivity contribution in [3.63, 3.8) is 0 Å². The lowest BCUT2D eigenvalue weighted by Crippen LogP contribution is -2.13. The SMILES string of the molecule is Cc1ccc2c(c1)CC(c1cccc([N+](=O)[O-])c1OCCO)=C2C1CCCCC1.Cc1ccc2c(c1)CC(c1cccc([N+](=O)[O-])c1OCCOS(C)(=O)=O)=C2C1CCCCC1.O=C=O.O=C=O. The molecule has 0 unspecified atom stereocenters. The van der Waals surface area contributed by atoms with Gasteiger partial charge in [-0.15, -0.1) is 0 Å². The predicted molar refractivity (Wildman–Crippen MR) is 252 cm³/mol. The van der Waals surface area contributed by atoms with Gasteiger partial charge in [0, 0.05) is 23.3 Å². The lowest BCUT2D eigenvalue weighted by Gasteiger charge is -2.25. The molecule has 2 fully saturated rings. The van der Waals surface area contributed by atoms with Crippen molar-refractivity contribution >= 4 is 56.1 Å². The zero-order chi connectivity index (χ0) is 49.4. The van der Waals surface area contributed by atoms with Crippen LogP contribution in [0.1, 0.15) is 109 Å². The van der Waals surface area contributed by atoms with Gasteiger partial charge in [-0.25, -0.2) is 0 Å². The summed E-state index contributed by atoms with van der Waals surface area (Å²) in [4.78, 5) is 55.1. The van der Waals surface area contributed by atoms with Crippen LogP contribution in [-0.4, -0.2) is 68.4 Å². The van der Waals surface area contributed by atoms with E-state index in [1.165, 1.54) is 95.2 Å². The Morgan fingerprint density at radius 3 is 1.37 bits per heavy atom. The van der Waals surface area contributed by atoms with Crippen LogP contribution in [0.5, 0.6) is 11.5 Å². The average molecular weight is 953 g/mol. The van der Waals surface area contributed by atoms with Gasteiger partial charge in [-0.2, -0.15) is 27.6 Å². The van der Waals surface area contributed by atoms with E-state index < -0.39 is 20.0 Å². The molecule has 4 aliphatic rings. The number of aliphatic hydroxyl groups excluding tert-OH is 1. The zero-order valence-electron chi connectivity index (χ0n) is 38.5. The van der Waals surface area contributed by atoms with E-state index in [-0.39, 0.29) is 61.6 Å². The molecule has 17 heteroatoms. The molecule has 0 aliphatic heterocycles. The highest BCUT2D eigenvalue weighted by atomic mass is 32.2. The van der Waals surface area contributed by atoms with Crippen LogP contribution >= 0.6 is 0 Å². The van der Waals surface area contributed by atoms with Gasteiger partial charge in [-0.05, 0) is 109 Å². The Kier molecular flexibility index (Phi) is 19.2. The maximum atomic E-state index is 11.8. The summed E-state index contributed by atoms with van der Waals surface area (Å²) >= 11 is 0. The largest absolute Gasteiger partial charge is 0.484 e. The highest BCUT2D eigenvalue weighted by Crippen LogP contribution is 2.51. The van der Waals surface area contributed by atoms with E-state index in [0.717, 1.165) is 55.1 Å². The molecule has 0 amide bonds. The average Bonchev–Trinajstić information content (AvgIpc) is 3.88. The molecule has 4 aliphatic carbocycles. The number of hydrogen-bond donors (Lipinski definition) is 1. The molecule has 0 heterocycles. The van der Waals surface area contributed by atoms with E-state index in [9.17, 15) is 33.8 Å². The molecule has 16 nitrogen and oxygen atoms in total. The second kappa shape index (κ2) is 25.0. The third kappa shape index (κ3) is 13.3.